The molecule has 18 heavy (non-hydrogen) atoms. The molecule has 2 rings (SSSR count). The molecule has 5 heteroatoms. The smallest absolute Gasteiger partial charge is 0.243 e. The molecule has 4 nitrogen and oxygen atoms in total. The summed E-state index contributed by atoms with van der Waals surface area (Å²) in [6, 6.07) is 9.66. The van der Waals surface area contributed by atoms with Gasteiger partial charge in [-0.05, 0) is 24.3 Å². The summed E-state index contributed by atoms with van der Waals surface area (Å²) >= 11 is 0. The van der Waals surface area contributed by atoms with E-state index in [1.807, 2.05) is 0 Å². The molecule has 0 bridgehead atoms. The molecule has 1 aromatic heterocycles. The highest BCUT2D eigenvalue weighted by Gasteiger charge is 2.04. The number of rotatable bonds is 4. The summed E-state index contributed by atoms with van der Waals surface area (Å²) in [6.45, 7) is -0.00414. The van der Waals surface area contributed by atoms with Gasteiger partial charge in [0.2, 0.25) is 5.91 Å². The maximum atomic E-state index is 13.3. The van der Waals surface area contributed by atoms with Crippen molar-refractivity contribution in [2.75, 3.05) is 17.2 Å². The molecule has 0 spiro atoms. The average molecular weight is 245 g/mol. The number of hydrogen-bond donors (Lipinski definition) is 2. The Morgan fingerprint density at radius 1 is 1.22 bits per heavy atom. The number of hydrogen-bond acceptors (Lipinski definition) is 3. The van der Waals surface area contributed by atoms with Gasteiger partial charge in [-0.2, -0.15) is 0 Å². The van der Waals surface area contributed by atoms with Crippen LogP contribution in [0, 0.1) is 5.82 Å². The molecule has 0 aliphatic rings. The fraction of sp³-hybridized carbons (Fsp3) is 0.0769. The second-order valence-corrected chi connectivity index (χ2v) is 3.62. The number of pyridine rings is 1. The van der Waals surface area contributed by atoms with Gasteiger partial charge in [0.1, 0.15) is 5.82 Å². The Hall–Kier alpha value is -2.43. The minimum Gasteiger partial charge on any atom is -0.374 e. The topological polar surface area (TPSA) is 54.0 Å². The molecule has 1 amide bonds. The number of carbonyl (C=O) groups excluding carboxylic acids is 1. The maximum absolute atomic E-state index is 13.3. The molecule has 0 unspecified atom stereocenters. The number of amides is 1. The molecule has 2 aromatic rings. The lowest BCUT2D eigenvalue weighted by Crippen LogP contribution is -2.22. The van der Waals surface area contributed by atoms with Crippen LogP contribution >= 0.6 is 0 Å². The van der Waals surface area contributed by atoms with Gasteiger partial charge in [-0.3, -0.25) is 9.78 Å². The predicted octanol–water partition coefficient (Wildman–Crippen LogP) is 2.27. The Morgan fingerprint density at radius 2 is 2.06 bits per heavy atom. The first-order valence-corrected chi connectivity index (χ1v) is 5.44. The van der Waals surface area contributed by atoms with E-state index in [4.69, 9.17) is 0 Å². The van der Waals surface area contributed by atoms with E-state index in [9.17, 15) is 9.18 Å². The van der Waals surface area contributed by atoms with Gasteiger partial charge < -0.3 is 10.6 Å². The first-order chi connectivity index (χ1) is 8.75. The van der Waals surface area contributed by atoms with Crippen LogP contribution in [0.3, 0.4) is 0 Å². The Morgan fingerprint density at radius 3 is 2.78 bits per heavy atom. The van der Waals surface area contributed by atoms with E-state index in [0.29, 0.717) is 11.4 Å². The summed E-state index contributed by atoms with van der Waals surface area (Å²) in [5.41, 5.74) is 0.914. The monoisotopic (exact) mass is 245 g/mol. The van der Waals surface area contributed by atoms with Gasteiger partial charge in [0.05, 0.1) is 24.1 Å². The van der Waals surface area contributed by atoms with Crippen molar-refractivity contribution in [3.8, 4) is 0 Å². The summed E-state index contributed by atoms with van der Waals surface area (Å²) in [4.78, 5) is 15.4. The lowest BCUT2D eigenvalue weighted by atomic mass is 10.3. The standard InChI is InChI=1S/C13H12FN3O/c14-11-5-1-2-6-12(11)16-9-13(18)17-10-4-3-7-15-8-10/h1-8,16H,9H2,(H,17,18). The van der Waals surface area contributed by atoms with Crippen molar-refractivity contribution in [2.45, 2.75) is 0 Å². The van der Waals surface area contributed by atoms with Gasteiger partial charge in [-0.25, -0.2) is 4.39 Å². The third-order valence-corrected chi connectivity index (χ3v) is 2.26. The number of anilines is 2. The minimum absolute atomic E-state index is 0.00414. The fourth-order valence-corrected chi connectivity index (χ4v) is 1.42. The van der Waals surface area contributed by atoms with Crippen LogP contribution in [-0.2, 0) is 4.79 Å². The molecule has 1 heterocycles. The third kappa shape index (κ3) is 3.28. The van der Waals surface area contributed by atoms with Crippen molar-refractivity contribution in [3.63, 3.8) is 0 Å². The number of nitrogens with zero attached hydrogens (tertiary/aromatic N) is 1. The molecule has 0 saturated carbocycles. The van der Waals surface area contributed by atoms with Gasteiger partial charge in [-0.1, -0.05) is 12.1 Å². The quantitative estimate of drug-likeness (QED) is 0.868. The van der Waals surface area contributed by atoms with Crippen molar-refractivity contribution < 1.29 is 9.18 Å². The van der Waals surface area contributed by atoms with Crippen molar-refractivity contribution in [2.24, 2.45) is 0 Å². The molecule has 0 aliphatic carbocycles. The number of benzene rings is 1. The second-order valence-electron chi connectivity index (χ2n) is 3.62. The molecule has 92 valence electrons. The first kappa shape index (κ1) is 12.0. The van der Waals surface area contributed by atoms with Crippen LogP contribution in [-0.4, -0.2) is 17.4 Å². The molecule has 0 aliphatic heterocycles. The summed E-state index contributed by atoms with van der Waals surface area (Å²) in [5.74, 6) is -0.641. The number of nitrogens with one attached hydrogen (secondary N) is 2. The molecule has 1 aromatic carbocycles. The van der Waals surface area contributed by atoms with Gasteiger partial charge in [-0.15, -0.1) is 0 Å². The SMILES string of the molecule is O=C(CNc1ccccc1F)Nc1cccnc1. The van der Waals surface area contributed by atoms with Crippen LogP contribution in [0.5, 0.6) is 0 Å². The van der Waals surface area contributed by atoms with Gasteiger partial charge in [0.25, 0.3) is 0 Å². The Bertz CT molecular complexity index is 531. The largest absolute Gasteiger partial charge is 0.374 e. The van der Waals surface area contributed by atoms with E-state index in [0.717, 1.165) is 0 Å². The molecule has 2 N–H and O–H groups in total. The highest BCUT2D eigenvalue weighted by Crippen LogP contribution is 2.11. The van der Waals surface area contributed by atoms with Crippen molar-refractivity contribution >= 4 is 17.3 Å². The van der Waals surface area contributed by atoms with Gasteiger partial charge in [0.15, 0.2) is 0 Å². The van der Waals surface area contributed by atoms with Crippen LogP contribution in [0.15, 0.2) is 48.8 Å². The molecule has 0 saturated heterocycles. The molecular formula is C13H12FN3O. The number of aromatic nitrogens is 1. The maximum Gasteiger partial charge on any atom is 0.243 e. The van der Waals surface area contributed by atoms with E-state index in [2.05, 4.69) is 15.6 Å². The molecule has 0 radical (unpaired) electrons. The van der Waals surface area contributed by atoms with Crippen molar-refractivity contribution in [3.05, 3.63) is 54.6 Å². The van der Waals surface area contributed by atoms with E-state index in [1.54, 1.807) is 42.7 Å². The van der Waals surface area contributed by atoms with Crippen LogP contribution in [0.25, 0.3) is 0 Å². The highest BCUT2D eigenvalue weighted by molar-refractivity contribution is 5.93. The van der Waals surface area contributed by atoms with Crippen LogP contribution in [0.2, 0.25) is 0 Å². The zero-order valence-electron chi connectivity index (χ0n) is 9.56. The third-order valence-electron chi connectivity index (χ3n) is 2.26. The van der Waals surface area contributed by atoms with E-state index in [1.165, 1.54) is 6.07 Å². The van der Waals surface area contributed by atoms with Crippen LogP contribution in [0.4, 0.5) is 15.8 Å². The zero-order valence-corrected chi connectivity index (χ0v) is 9.56. The first-order valence-electron chi connectivity index (χ1n) is 5.44. The normalized spacial score (nSPS) is 9.83. The lowest BCUT2D eigenvalue weighted by Gasteiger charge is -2.07. The van der Waals surface area contributed by atoms with Gasteiger partial charge in [0, 0.05) is 6.20 Å². The average Bonchev–Trinajstić information content (AvgIpc) is 2.39. The van der Waals surface area contributed by atoms with Crippen molar-refractivity contribution in [1.29, 1.82) is 0 Å². The van der Waals surface area contributed by atoms with Crippen molar-refractivity contribution in [1.82, 2.24) is 4.98 Å². The summed E-state index contributed by atoms with van der Waals surface area (Å²) in [5, 5.41) is 5.37. The van der Waals surface area contributed by atoms with Gasteiger partial charge >= 0.3 is 0 Å². The Kier molecular flexibility index (Phi) is 3.86. The Balaban J connectivity index is 1.88. The minimum atomic E-state index is -0.383. The van der Waals surface area contributed by atoms with E-state index < -0.39 is 0 Å². The van der Waals surface area contributed by atoms with E-state index in [-0.39, 0.29) is 18.3 Å². The summed E-state index contributed by atoms with van der Waals surface area (Å²) in [7, 11) is 0. The molecular weight excluding hydrogens is 233 g/mol. The Labute approximate surface area is 104 Å². The lowest BCUT2D eigenvalue weighted by molar-refractivity contribution is -0.114. The molecule has 0 atom stereocenters. The fourth-order valence-electron chi connectivity index (χ4n) is 1.42. The predicted molar refractivity (Wildman–Crippen MR) is 67.8 cm³/mol. The summed E-state index contributed by atoms with van der Waals surface area (Å²) < 4.78 is 13.3. The highest BCUT2D eigenvalue weighted by atomic mass is 19.1. The second kappa shape index (κ2) is 5.77. The van der Waals surface area contributed by atoms with Crippen LogP contribution in [0.1, 0.15) is 0 Å². The van der Waals surface area contributed by atoms with Crippen LogP contribution < -0.4 is 10.6 Å². The summed E-state index contributed by atoms with van der Waals surface area (Å²) in [6.07, 6.45) is 3.16. The van der Waals surface area contributed by atoms with E-state index >= 15 is 0 Å². The zero-order chi connectivity index (χ0) is 12.8. The molecule has 0 fully saturated rings. The number of halogens is 1. The number of carbonyl (C=O) groups is 1. The number of para-hydroxylation sites is 1.